The summed E-state index contributed by atoms with van der Waals surface area (Å²) in [6, 6.07) is 61.9. The molecule has 0 saturated carbocycles. The standard InChI is InChI=1S/C43H34NO2PS/c45-43(38-29-15-16-30-39(38)47(35-24-9-3-10-25-35)36-26-11-4-12-27-36)44-41(33-19-5-1-6-20-33)42(34-21-7-2-8-22-34)48(46)40-31-17-23-32-18-13-14-28-37(32)40/h1-31,41-42H,(H,44,45)/t41?,42?,48-/m0/s1. The third-order valence-corrected chi connectivity index (χ3v) is 12.8. The van der Waals surface area contributed by atoms with Crippen LogP contribution in [0, 0.1) is 0 Å². The van der Waals surface area contributed by atoms with Crippen LogP contribution in [0.2, 0.25) is 0 Å². The summed E-state index contributed by atoms with van der Waals surface area (Å²) in [6.45, 7) is 0. The molecule has 0 radical (unpaired) electrons. The Hall–Kier alpha value is -5.15. The van der Waals surface area contributed by atoms with Crippen LogP contribution in [0.5, 0.6) is 0 Å². The lowest BCUT2D eigenvalue weighted by Gasteiger charge is -2.30. The third-order valence-electron chi connectivity index (χ3n) is 8.49. The van der Waals surface area contributed by atoms with Gasteiger partial charge in [0.15, 0.2) is 0 Å². The van der Waals surface area contributed by atoms with Gasteiger partial charge in [-0.3, -0.25) is 9.00 Å². The van der Waals surface area contributed by atoms with E-state index in [2.05, 4.69) is 59.9 Å². The number of fused-ring (bicyclic) bond motifs is 1. The Morgan fingerprint density at radius 3 is 1.67 bits per heavy atom. The van der Waals surface area contributed by atoms with Gasteiger partial charge in [-0.25, -0.2) is 0 Å². The molecule has 0 saturated heterocycles. The molecule has 3 nitrogen and oxygen atoms in total. The van der Waals surface area contributed by atoms with Crippen molar-refractivity contribution in [3.05, 3.63) is 205 Å². The lowest BCUT2D eigenvalue weighted by atomic mass is 9.97. The van der Waals surface area contributed by atoms with E-state index in [1.165, 1.54) is 0 Å². The van der Waals surface area contributed by atoms with Crippen LogP contribution in [-0.4, -0.2) is 10.1 Å². The van der Waals surface area contributed by atoms with E-state index in [0.29, 0.717) is 5.56 Å². The van der Waals surface area contributed by atoms with Crippen molar-refractivity contribution in [1.29, 1.82) is 0 Å². The highest BCUT2D eigenvalue weighted by molar-refractivity contribution is 7.85. The Morgan fingerprint density at radius 2 is 1.02 bits per heavy atom. The minimum Gasteiger partial charge on any atom is -0.344 e. The average Bonchev–Trinajstić information content (AvgIpc) is 3.16. The number of carbonyl (C=O) groups excluding carboxylic acids is 1. The molecule has 0 aromatic heterocycles. The zero-order valence-electron chi connectivity index (χ0n) is 26.2. The van der Waals surface area contributed by atoms with Crippen LogP contribution < -0.4 is 21.2 Å². The first-order chi connectivity index (χ1) is 23.7. The highest BCUT2D eigenvalue weighted by Gasteiger charge is 2.34. The molecule has 7 aromatic rings. The van der Waals surface area contributed by atoms with Gasteiger partial charge in [0, 0.05) is 10.5 Å². The molecule has 5 heteroatoms. The van der Waals surface area contributed by atoms with Gasteiger partial charge in [-0.15, -0.1) is 0 Å². The van der Waals surface area contributed by atoms with E-state index in [9.17, 15) is 4.79 Å². The highest BCUT2D eigenvalue weighted by atomic mass is 32.2. The van der Waals surface area contributed by atoms with Gasteiger partial charge >= 0.3 is 0 Å². The Balaban J connectivity index is 1.35. The number of hydrogen-bond acceptors (Lipinski definition) is 2. The lowest BCUT2D eigenvalue weighted by Crippen LogP contribution is -2.37. The molecular weight excluding hydrogens is 626 g/mol. The van der Waals surface area contributed by atoms with Crippen molar-refractivity contribution < 1.29 is 9.00 Å². The van der Waals surface area contributed by atoms with Crippen molar-refractivity contribution in [2.75, 3.05) is 0 Å². The summed E-state index contributed by atoms with van der Waals surface area (Å²) in [7, 11) is -2.56. The van der Waals surface area contributed by atoms with Crippen molar-refractivity contribution in [1.82, 2.24) is 5.32 Å². The molecule has 7 rings (SSSR count). The molecule has 234 valence electrons. The van der Waals surface area contributed by atoms with Crippen molar-refractivity contribution in [3.8, 4) is 0 Å². The van der Waals surface area contributed by atoms with Crippen LogP contribution in [-0.2, 0) is 10.8 Å². The van der Waals surface area contributed by atoms with Crippen LogP contribution in [0.1, 0.15) is 32.8 Å². The van der Waals surface area contributed by atoms with Crippen LogP contribution in [0.4, 0.5) is 0 Å². The number of rotatable bonds is 10. The van der Waals surface area contributed by atoms with Crippen molar-refractivity contribution in [2.24, 2.45) is 0 Å². The topological polar surface area (TPSA) is 46.2 Å². The van der Waals surface area contributed by atoms with Gasteiger partial charge in [0.1, 0.15) is 0 Å². The predicted molar refractivity (Wildman–Crippen MR) is 201 cm³/mol. The molecule has 1 amide bonds. The Morgan fingerprint density at radius 1 is 0.521 bits per heavy atom. The van der Waals surface area contributed by atoms with E-state index < -0.39 is 30.0 Å². The first kappa shape index (κ1) is 31.4. The largest absolute Gasteiger partial charge is 0.344 e. The monoisotopic (exact) mass is 659 g/mol. The van der Waals surface area contributed by atoms with E-state index >= 15 is 4.21 Å². The minimum atomic E-state index is -1.53. The van der Waals surface area contributed by atoms with E-state index in [1.807, 2.05) is 133 Å². The number of carbonyl (C=O) groups is 1. The van der Waals surface area contributed by atoms with Crippen LogP contribution in [0.25, 0.3) is 10.8 Å². The second kappa shape index (κ2) is 14.7. The van der Waals surface area contributed by atoms with Gasteiger partial charge in [0.25, 0.3) is 5.91 Å². The van der Waals surface area contributed by atoms with Crippen molar-refractivity contribution in [2.45, 2.75) is 16.2 Å². The summed E-state index contributed by atoms with van der Waals surface area (Å²) >= 11 is 0. The maximum Gasteiger partial charge on any atom is 0.252 e. The molecule has 48 heavy (non-hydrogen) atoms. The molecule has 0 spiro atoms. The molecule has 3 atom stereocenters. The number of amides is 1. The normalized spacial score (nSPS) is 13.1. The summed E-state index contributed by atoms with van der Waals surface area (Å²) in [4.78, 5) is 15.5. The molecule has 1 N–H and O–H groups in total. The number of nitrogens with one attached hydrogen (secondary N) is 1. The Kier molecular flexibility index (Phi) is 9.65. The molecular formula is C43H34NO2PS. The molecule has 0 fully saturated rings. The number of hydrogen-bond donors (Lipinski definition) is 1. The molecule has 7 aromatic carbocycles. The zero-order valence-corrected chi connectivity index (χ0v) is 27.9. The Bertz CT molecular complexity index is 2110. The SMILES string of the molecule is O=C(NC(c1ccccc1)C(c1ccccc1)[S@@](=O)c1cccc2ccccc12)c1ccccc1P(c1ccccc1)c1ccccc1. The van der Waals surface area contributed by atoms with Crippen molar-refractivity contribution >= 4 is 51.3 Å². The first-order valence-electron chi connectivity index (χ1n) is 16.0. The minimum absolute atomic E-state index is 0.199. The fourth-order valence-corrected chi connectivity index (χ4v) is 10.5. The summed E-state index contributed by atoms with van der Waals surface area (Å²) in [5.74, 6) is -0.199. The molecule has 0 aliphatic heterocycles. The van der Waals surface area contributed by atoms with Gasteiger partial charge < -0.3 is 5.32 Å². The first-order valence-corrected chi connectivity index (χ1v) is 18.5. The Labute approximate surface area is 285 Å². The lowest BCUT2D eigenvalue weighted by molar-refractivity contribution is 0.0937. The molecule has 0 aliphatic rings. The molecule has 0 heterocycles. The zero-order chi connectivity index (χ0) is 32.7. The molecule has 2 unspecified atom stereocenters. The molecule has 0 aliphatic carbocycles. The van der Waals surface area contributed by atoms with Crippen LogP contribution >= 0.6 is 7.92 Å². The fourth-order valence-electron chi connectivity index (χ4n) is 6.25. The third kappa shape index (κ3) is 6.64. The van der Waals surface area contributed by atoms with E-state index in [0.717, 1.165) is 42.7 Å². The maximum atomic E-state index is 15.0. The van der Waals surface area contributed by atoms with Gasteiger partial charge in [0.2, 0.25) is 0 Å². The predicted octanol–water partition coefficient (Wildman–Crippen LogP) is 8.62. The summed E-state index contributed by atoms with van der Waals surface area (Å²) in [5.41, 5.74) is 2.39. The fraction of sp³-hybridized carbons (Fsp3) is 0.0465. The average molecular weight is 660 g/mol. The quantitative estimate of drug-likeness (QED) is 0.150. The van der Waals surface area contributed by atoms with Gasteiger partial charge in [-0.2, -0.15) is 0 Å². The van der Waals surface area contributed by atoms with E-state index in [-0.39, 0.29) is 5.91 Å². The van der Waals surface area contributed by atoms with Crippen LogP contribution in [0.3, 0.4) is 0 Å². The van der Waals surface area contributed by atoms with Gasteiger partial charge in [0.05, 0.1) is 22.1 Å². The summed E-state index contributed by atoms with van der Waals surface area (Å²) in [5, 5.41) is 8.13. The summed E-state index contributed by atoms with van der Waals surface area (Å²) < 4.78 is 15.0. The van der Waals surface area contributed by atoms with Gasteiger partial charge in [-0.1, -0.05) is 176 Å². The van der Waals surface area contributed by atoms with Gasteiger partial charge in [-0.05, 0) is 57.9 Å². The number of benzene rings is 7. The summed E-state index contributed by atoms with van der Waals surface area (Å²) in [6.07, 6.45) is 0. The van der Waals surface area contributed by atoms with Crippen LogP contribution in [0.15, 0.2) is 193 Å². The van der Waals surface area contributed by atoms with E-state index in [1.54, 1.807) is 0 Å². The second-order valence-corrected chi connectivity index (χ2v) is 15.2. The van der Waals surface area contributed by atoms with E-state index in [4.69, 9.17) is 0 Å². The smallest absolute Gasteiger partial charge is 0.252 e. The second-order valence-electron chi connectivity index (χ2n) is 11.5. The maximum absolute atomic E-state index is 15.0. The van der Waals surface area contributed by atoms with Crippen molar-refractivity contribution in [3.63, 3.8) is 0 Å². The highest BCUT2D eigenvalue weighted by Crippen LogP contribution is 2.40. The molecule has 0 bridgehead atoms.